The first-order valence-electron chi connectivity index (χ1n) is 10.3. The van der Waals surface area contributed by atoms with Gasteiger partial charge in [0.2, 0.25) is 15.8 Å². The minimum absolute atomic E-state index is 0.0133. The summed E-state index contributed by atoms with van der Waals surface area (Å²) < 4.78 is 26.7. The molecule has 2 aromatic carbocycles. The second kappa shape index (κ2) is 9.12. The molecular formula is C23H30N3O3S+. The third-order valence-electron chi connectivity index (χ3n) is 5.59. The van der Waals surface area contributed by atoms with E-state index in [1.54, 1.807) is 18.3 Å². The van der Waals surface area contributed by atoms with Crippen LogP contribution in [0.25, 0.3) is 10.9 Å². The molecule has 6 nitrogen and oxygen atoms in total. The lowest BCUT2D eigenvalue weighted by Crippen LogP contribution is -2.91. The van der Waals surface area contributed by atoms with Gasteiger partial charge in [-0.15, -0.1) is 0 Å². The summed E-state index contributed by atoms with van der Waals surface area (Å²) in [7, 11) is -3.47. The van der Waals surface area contributed by atoms with E-state index in [9.17, 15) is 13.2 Å². The van der Waals surface area contributed by atoms with Gasteiger partial charge in [-0.3, -0.25) is 4.79 Å². The van der Waals surface area contributed by atoms with Crippen molar-refractivity contribution < 1.29 is 18.5 Å². The van der Waals surface area contributed by atoms with Crippen LogP contribution in [0, 0.1) is 0 Å². The Morgan fingerprint density at radius 3 is 2.30 bits per heavy atom. The minimum Gasteiger partial charge on any atom is -0.360 e. The summed E-state index contributed by atoms with van der Waals surface area (Å²) in [4.78, 5) is 16.4. The largest absolute Gasteiger partial charge is 0.360 e. The molecule has 3 rings (SSSR count). The average molecular weight is 429 g/mol. The molecule has 0 bridgehead atoms. The molecule has 0 aliphatic heterocycles. The number of para-hydroxylation sites is 1. The number of benzene rings is 2. The van der Waals surface area contributed by atoms with Gasteiger partial charge in [-0.25, -0.2) is 8.42 Å². The van der Waals surface area contributed by atoms with Gasteiger partial charge in [0.05, 0.1) is 4.90 Å². The van der Waals surface area contributed by atoms with Gasteiger partial charge in [0.15, 0.2) is 0 Å². The number of carbonyl (C=O) groups is 1. The fourth-order valence-electron chi connectivity index (χ4n) is 3.81. The van der Waals surface area contributed by atoms with Gasteiger partial charge >= 0.3 is 0 Å². The highest BCUT2D eigenvalue weighted by Crippen LogP contribution is 2.20. The zero-order chi connectivity index (χ0) is 21.9. The van der Waals surface area contributed by atoms with Crippen LogP contribution in [0.4, 0.5) is 0 Å². The number of carbonyl (C=O) groups excluding carboxylic acids is 1. The molecule has 0 spiro atoms. The Morgan fingerprint density at radius 2 is 1.67 bits per heavy atom. The highest BCUT2D eigenvalue weighted by atomic mass is 32.2. The molecule has 3 aromatic rings. The van der Waals surface area contributed by atoms with Gasteiger partial charge in [0, 0.05) is 41.3 Å². The zero-order valence-electron chi connectivity index (χ0n) is 17.9. The van der Waals surface area contributed by atoms with E-state index in [1.807, 2.05) is 69.4 Å². The highest BCUT2D eigenvalue weighted by molar-refractivity contribution is 7.89. The number of ketones is 1. The number of nitrogens with one attached hydrogen (secondary N) is 1. The summed E-state index contributed by atoms with van der Waals surface area (Å²) in [6.07, 6.45) is 1.77. The smallest absolute Gasteiger partial charge is 0.243 e. The number of rotatable bonds is 9. The van der Waals surface area contributed by atoms with Crippen LogP contribution in [0.1, 0.15) is 49.7 Å². The van der Waals surface area contributed by atoms with E-state index in [1.165, 1.54) is 4.31 Å². The maximum absolute atomic E-state index is 13.0. The fraction of sp³-hybridized carbons (Fsp3) is 0.348. The molecule has 1 heterocycles. The first-order chi connectivity index (χ1) is 14.3. The van der Waals surface area contributed by atoms with Crippen molar-refractivity contribution in [3.63, 3.8) is 0 Å². The summed E-state index contributed by atoms with van der Waals surface area (Å²) >= 11 is 0. The monoisotopic (exact) mass is 428 g/mol. The number of nitrogens with zero attached hydrogens (tertiary/aromatic N) is 1. The number of quaternary nitrogens is 1. The van der Waals surface area contributed by atoms with Crippen LogP contribution in [0.5, 0.6) is 0 Å². The Bertz CT molecular complexity index is 1120. The van der Waals surface area contributed by atoms with E-state index in [2.05, 4.69) is 4.98 Å². The van der Waals surface area contributed by atoms with Crippen molar-refractivity contribution in [2.24, 2.45) is 0 Å². The van der Waals surface area contributed by atoms with Crippen LogP contribution >= 0.6 is 0 Å². The Morgan fingerprint density at radius 1 is 1.03 bits per heavy atom. The SMILES string of the molecule is CCN(CC)S(=O)(=O)c1ccc([C@@H](C)[NH2+][C@@H](C)C(=O)c2c[nH]c3ccccc23)cc1. The summed E-state index contributed by atoms with van der Waals surface area (Å²) in [6.45, 7) is 8.47. The Kier molecular flexibility index (Phi) is 6.75. The summed E-state index contributed by atoms with van der Waals surface area (Å²) in [5, 5.41) is 2.94. The first-order valence-corrected chi connectivity index (χ1v) is 11.8. The molecule has 1 aromatic heterocycles. The van der Waals surface area contributed by atoms with E-state index in [4.69, 9.17) is 0 Å². The maximum Gasteiger partial charge on any atom is 0.243 e. The number of H-pyrrole nitrogens is 1. The molecule has 0 aliphatic rings. The van der Waals surface area contributed by atoms with Crippen LogP contribution in [0.2, 0.25) is 0 Å². The van der Waals surface area contributed by atoms with Crippen LogP contribution in [0.15, 0.2) is 59.6 Å². The zero-order valence-corrected chi connectivity index (χ0v) is 18.7. The molecule has 7 heteroatoms. The van der Waals surface area contributed by atoms with E-state index >= 15 is 0 Å². The van der Waals surface area contributed by atoms with Crippen molar-refractivity contribution in [1.29, 1.82) is 0 Å². The lowest BCUT2D eigenvalue weighted by atomic mass is 10.0. The van der Waals surface area contributed by atoms with Crippen LogP contribution in [-0.4, -0.2) is 42.6 Å². The van der Waals surface area contributed by atoms with Gasteiger partial charge in [0.1, 0.15) is 12.1 Å². The van der Waals surface area contributed by atoms with Gasteiger partial charge in [0.25, 0.3) is 0 Å². The van der Waals surface area contributed by atoms with Gasteiger partial charge in [-0.05, 0) is 32.0 Å². The molecule has 0 amide bonds. The standard InChI is InChI=1S/C23H29N3O3S/c1-5-26(6-2)30(28,29)19-13-11-18(12-14-19)16(3)25-17(4)23(27)21-15-24-22-10-8-7-9-20(21)22/h7-17,24-25H,5-6H2,1-4H3/p+1/t16-,17+/m1/s1. The third-order valence-corrected chi connectivity index (χ3v) is 7.66. The fourth-order valence-corrected chi connectivity index (χ4v) is 5.27. The molecule has 0 saturated carbocycles. The number of Topliss-reactive ketones (excluding diaryl/α,β-unsaturated/α-hetero) is 1. The Hall–Kier alpha value is -2.48. The van der Waals surface area contributed by atoms with Crippen molar-refractivity contribution in [2.45, 2.75) is 44.7 Å². The Labute approximate surface area is 178 Å². The van der Waals surface area contributed by atoms with Crippen molar-refractivity contribution in [3.05, 3.63) is 65.9 Å². The lowest BCUT2D eigenvalue weighted by molar-refractivity contribution is -0.709. The molecule has 0 aliphatic carbocycles. The summed E-state index contributed by atoms with van der Waals surface area (Å²) in [5.74, 6) is 0.0695. The number of aromatic amines is 1. The normalized spacial score (nSPS) is 14.2. The van der Waals surface area contributed by atoms with Crippen molar-refractivity contribution in [2.75, 3.05) is 13.1 Å². The molecule has 0 fully saturated rings. The topological polar surface area (TPSA) is 86.8 Å². The van der Waals surface area contributed by atoms with Crippen LogP contribution < -0.4 is 5.32 Å². The Balaban J connectivity index is 1.72. The average Bonchev–Trinajstić information content (AvgIpc) is 3.18. The molecular weight excluding hydrogens is 398 g/mol. The first kappa shape index (κ1) is 22.2. The second-order valence-corrected chi connectivity index (χ2v) is 9.48. The molecule has 0 radical (unpaired) electrons. The van der Waals surface area contributed by atoms with Crippen molar-refractivity contribution >= 4 is 26.7 Å². The predicted octanol–water partition coefficient (Wildman–Crippen LogP) is 3.09. The van der Waals surface area contributed by atoms with Crippen molar-refractivity contribution in [3.8, 4) is 0 Å². The number of sulfonamides is 1. The number of fused-ring (bicyclic) bond motifs is 1. The quantitative estimate of drug-likeness (QED) is 0.514. The van der Waals surface area contributed by atoms with Crippen LogP contribution in [-0.2, 0) is 10.0 Å². The lowest BCUT2D eigenvalue weighted by Gasteiger charge is -2.19. The molecule has 2 atom stereocenters. The van der Waals surface area contributed by atoms with E-state index in [0.29, 0.717) is 23.5 Å². The number of hydrogen-bond acceptors (Lipinski definition) is 3. The molecule has 30 heavy (non-hydrogen) atoms. The molecule has 0 unspecified atom stereocenters. The van der Waals surface area contributed by atoms with Crippen LogP contribution in [0.3, 0.4) is 0 Å². The molecule has 160 valence electrons. The van der Waals surface area contributed by atoms with Gasteiger partial charge in [-0.1, -0.05) is 44.2 Å². The second-order valence-electron chi connectivity index (χ2n) is 7.54. The summed E-state index contributed by atoms with van der Waals surface area (Å²) in [6, 6.07) is 14.5. The molecule has 3 N–H and O–H groups in total. The maximum atomic E-state index is 13.0. The van der Waals surface area contributed by atoms with Crippen molar-refractivity contribution in [1.82, 2.24) is 9.29 Å². The number of aromatic nitrogens is 1. The highest BCUT2D eigenvalue weighted by Gasteiger charge is 2.25. The number of hydrogen-bond donors (Lipinski definition) is 2. The minimum atomic E-state index is -3.47. The van der Waals surface area contributed by atoms with Gasteiger partial charge < -0.3 is 10.3 Å². The predicted molar refractivity (Wildman–Crippen MR) is 119 cm³/mol. The van der Waals surface area contributed by atoms with E-state index < -0.39 is 10.0 Å². The van der Waals surface area contributed by atoms with Gasteiger partial charge in [-0.2, -0.15) is 4.31 Å². The third kappa shape index (κ3) is 4.33. The van der Waals surface area contributed by atoms with E-state index in [-0.39, 0.29) is 17.9 Å². The molecule has 0 saturated heterocycles. The summed E-state index contributed by atoms with van der Waals surface area (Å²) in [5.41, 5.74) is 2.63. The van der Waals surface area contributed by atoms with E-state index in [0.717, 1.165) is 16.5 Å². The number of nitrogens with two attached hydrogens (primary N) is 1.